The number of aromatic nitrogens is 2. The second kappa shape index (κ2) is 10.7. The van der Waals surface area contributed by atoms with Crippen LogP contribution in [0.2, 0.25) is 43.8 Å². The maximum absolute atomic E-state index is 12.2. The predicted octanol–water partition coefficient (Wildman–Crippen LogP) is 4.58. The lowest BCUT2D eigenvalue weighted by Crippen LogP contribution is -2.48. The minimum Gasteiger partial charge on any atom is -0.464 e. The second-order valence-electron chi connectivity index (χ2n) is 11.6. The van der Waals surface area contributed by atoms with Crippen molar-refractivity contribution in [2.24, 2.45) is 0 Å². The van der Waals surface area contributed by atoms with E-state index in [4.69, 9.17) is 18.6 Å². The Morgan fingerprint density at radius 1 is 1.24 bits per heavy atom. The van der Waals surface area contributed by atoms with Crippen LogP contribution in [0.5, 0.6) is 0 Å². The Kier molecular flexibility index (Phi) is 9.14. The topological polar surface area (TPSA) is 92.0 Å². The van der Waals surface area contributed by atoms with E-state index in [2.05, 4.69) is 58.6 Å². The summed E-state index contributed by atoms with van der Waals surface area (Å²) in [4.78, 5) is 12.2. The first-order valence-electron chi connectivity index (χ1n) is 11.9. The van der Waals surface area contributed by atoms with E-state index in [1.54, 1.807) is 10.7 Å². The number of methoxy groups -OCH3 is 1. The molecule has 190 valence electrons. The van der Waals surface area contributed by atoms with Crippen LogP contribution >= 0.6 is 0 Å². The summed E-state index contributed by atoms with van der Waals surface area (Å²) >= 11 is 0. The lowest BCUT2D eigenvalue weighted by Gasteiger charge is -2.40. The largest absolute Gasteiger partial charge is 0.464 e. The van der Waals surface area contributed by atoms with E-state index in [0.717, 1.165) is 6.04 Å². The highest BCUT2D eigenvalue weighted by atomic mass is 28.4. The molecule has 1 aromatic rings. The molecule has 2 heterocycles. The number of hydrogen-bond donors (Lipinski definition) is 1. The zero-order chi connectivity index (χ0) is 25.2. The maximum Gasteiger partial charge on any atom is 0.358 e. The molecular weight excluding hydrogens is 456 g/mol. The molecule has 1 aromatic heterocycles. The van der Waals surface area contributed by atoms with Gasteiger partial charge in [-0.15, -0.1) is 0 Å². The van der Waals surface area contributed by atoms with Gasteiger partial charge in [-0.25, -0.2) is 9.48 Å². The van der Waals surface area contributed by atoms with Crippen molar-refractivity contribution in [1.29, 1.82) is 0 Å². The molecule has 1 N–H and O–H groups in total. The number of carbonyl (C=O) groups excluding carboxylic acids is 1. The summed E-state index contributed by atoms with van der Waals surface area (Å²) in [7, 11) is -2.04. The maximum atomic E-state index is 12.2. The molecule has 0 radical (unpaired) electrons. The first-order chi connectivity index (χ1) is 15.1. The average molecular weight is 501 g/mol. The van der Waals surface area contributed by atoms with Crippen LogP contribution in [-0.4, -0.2) is 69.3 Å². The van der Waals surface area contributed by atoms with Crippen molar-refractivity contribution in [2.75, 3.05) is 13.7 Å². The summed E-state index contributed by atoms with van der Waals surface area (Å²) in [6.45, 7) is 20.6. The van der Waals surface area contributed by atoms with E-state index in [0.29, 0.717) is 18.7 Å². The third-order valence-electron chi connectivity index (χ3n) is 6.68. The lowest BCUT2D eigenvalue weighted by atomic mass is 10.0. The number of esters is 1. The second-order valence-corrected chi connectivity index (χ2v) is 22.0. The van der Waals surface area contributed by atoms with E-state index in [-0.39, 0.29) is 23.6 Å². The van der Waals surface area contributed by atoms with E-state index in [1.807, 2.05) is 6.92 Å². The minimum atomic E-state index is -2.13. The highest BCUT2D eigenvalue weighted by Gasteiger charge is 2.50. The molecule has 33 heavy (non-hydrogen) atoms. The molecule has 10 heteroatoms. The number of ether oxygens (including phenoxy) is 3. The molecule has 2 rings (SSSR count). The highest BCUT2D eigenvalue weighted by molar-refractivity contribution is 6.76. The van der Waals surface area contributed by atoms with E-state index in [1.165, 1.54) is 7.11 Å². The van der Waals surface area contributed by atoms with Gasteiger partial charge in [0.25, 0.3) is 0 Å². The van der Waals surface area contributed by atoms with Gasteiger partial charge in [0.2, 0.25) is 0 Å². The first kappa shape index (κ1) is 28.2. The molecular formula is C23H44N2O6Si2. The van der Waals surface area contributed by atoms with Crippen molar-refractivity contribution in [3.8, 4) is 0 Å². The Balaban J connectivity index is 2.29. The van der Waals surface area contributed by atoms with Gasteiger partial charge in [0, 0.05) is 14.7 Å². The van der Waals surface area contributed by atoms with Crippen molar-refractivity contribution in [3.05, 3.63) is 17.5 Å². The van der Waals surface area contributed by atoms with Crippen molar-refractivity contribution in [2.45, 2.75) is 109 Å². The van der Waals surface area contributed by atoms with Crippen LogP contribution in [0.15, 0.2) is 6.07 Å². The molecule has 1 fully saturated rings. The number of nitrogens with zero attached hydrogens (tertiary/aromatic N) is 2. The monoisotopic (exact) mass is 500 g/mol. The van der Waals surface area contributed by atoms with Gasteiger partial charge in [0.1, 0.15) is 25.0 Å². The fourth-order valence-electron chi connectivity index (χ4n) is 3.47. The SMILES string of the molecule is CC[C@H]1O[C@@H](c2cc(C(=O)OC)nn2COCC[Si](C)(C)C)[C@H](O)[C@@H]1O[Si](C)(C)C(C)(C)C. The van der Waals surface area contributed by atoms with Gasteiger partial charge in [-0.2, -0.15) is 5.10 Å². The smallest absolute Gasteiger partial charge is 0.358 e. The van der Waals surface area contributed by atoms with Gasteiger partial charge in [0.05, 0.1) is 18.9 Å². The van der Waals surface area contributed by atoms with E-state index >= 15 is 0 Å². The highest BCUT2D eigenvalue weighted by Crippen LogP contribution is 2.43. The van der Waals surface area contributed by atoms with Gasteiger partial charge >= 0.3 is 5.97 Å². The van der Waals surface area contributed by atoms with Gasteiger partial charge in [-0.3, -0.25) is 0 Å². The summed E-state index contributed by atoms with van der Waals surface area (Å²) in [5.41, 5.74) is 0.759. The molecule has 0 amide bonds. The zero-order valence-electron chi connectivity index (χ0n) is 22.1. The number of hydrogen-bond acceptors (Lipinski definition) is 7. The summed E-state index contributed by atoms with van der Waals surface area (Å²) in [6.07, 6.45) is -1.55. The molecule has 8 nitrogen and oxygen atoms in total. The van der Waals surface area contributed by atoms with E-state index in [9.17, 15) is 9.90 Å². The van der Waals surface area contributed by atoms with Gasteiger partial charge in [0.15, 0.2) is 14.0 Å². The standard InChI is InChI=1S/C23H44N2O6Si2/c1-11-18-21(31-33(9,10)23(2,3)4)19(26)20(30-18)17-14-16(22(27)28-5)24-25(17)15-29-12-13-32(6,7)8/h14,18-21,26H,11-13,15H2,1-10H3/t18-,19+,20+,21-/m1/s1. The average Bonchev–Trinajstić information content (AvgIpc) is 3.24. The Morgan fingerprint density at radius 3 is 2.39 bits per heavy atom. The summed E-state index contributed by atoms with van der Waals surface area (Å²) in [6, 6.07) is 2.65. The Morgan fingerprint density at radius 2 is 1.88 bits per heavy atom. The fourth-order valence-corrected chi connectivity index (χ4v) is 5.55. The van der Waals surface area contributed by atoms with Gasteiger partial charge < -0.3 is 23.7 Å². The van der Waals surface area contributed by atoms with Gasteiger partial charge in [-0.1, -0.05) is 47.3 Å². The fraction of sp³-hybridized carbons (Fsp3) is 0.826. The van der Waals surface area contributed by atoms with Crippen molar-refractivity contribution >= 4 is 22.4 Å². The van der Waals surface area contributed by atoms with Gasteiger partial charge in [-0.05, 0) is 36.7 Å². The molecule has 1 aliphatic heterocycles. The zero-order valence-corrected chi connectivity index (χ0v) is 24.1. The molecule has 0 aromatic carbocycles. The third-order valence-corrected chi connectivity index (χ3v) is 12.9. The molecule has 1 saturated heterocycles. The summed E-state index contributed by atoms with van der Waals surface area (Å²) in [5, 5.41) is 15.7. The van der Waals surface area contributed by atoms with Crippen molar-refractivity contribution in [3.63, 3.8) is 0 Å². The van der Waals surface area contributed by atoms with Crippen LogP contribution in [0.3, 0.4) is 0 Å². The third kappa shape index (κ3) is 6.98. The molecule has 1 aliphatic rings. The predicted molar refractivity (Wildman–Crippen MR) is 134 cm³/mol. The Hall–Kier alpha value is -1.05. The Bertz CT molecular complexity index is 800. The Labute approximate surface area is 201 Å². The molecule has 0 spiro atoms. The number of rotatable bonds is 10. The first-order valence-corrected chi connectivity index (χ1v) is 18.5. The molecule has 0 bridgehead atoms. The molecule has 0 saturated carbocycles. The van der Waals surface area contributed by atoms with Crippen LogP contribution in [0, 0.1) is 0 Å². The molecule has 4 atom stereocenters. The molecule has 0 unspecified atom stereocenters. The van der Waals surface area contributed by atoms with Crippen molar-refractivity contribution in [1.82, 2.24) is 9.78 Å². The van der Waals surface area contributed by atoms with Crippen LogP contribution in [0.4, 0.5) is 0 Å². The normalized spacial score (nSPS) is 24.3. The summed E-state index contributed by atoms with van der Waals surface area (Å²) in [5.74, 6) is -0.536. The van der Waals surface area contributed by atoms with Crippen LogP contribution in [0.1, 0.15) is 56.4 Å². The quantitative estimate of drug-likeness (QED) is 0.285. The van der Waals surface area contributed by atoms with Crippen LogP contribution < -0.4 is 0 Å². The van der Waals surface area contributed by atoms with E-state index < -0.39 is 40.7 Å². The van der Waals surface area contributed by atoms with Crippen molar-refractivity contribution < 1.29 is 28.5 Å². The van der Waals surface area contributed by atoms with Crippen LogP contribution in [-0.2, 0) is 25.4 Å². The summed E-state index contributed by atoms with van der Waals surface area (Å²) < 4.78 is 25.2. The number of aliphatic hydroxyl groups excluding tert-OH is 1. The van der Waals surface area contributed by atoms with Crippen LogP contribution in [0.25, 0.3) is 0 Å². The number of aliphatic hydroxyl groups is 1. The molecule has 0 aliphatic carbocycles. The number of carbonyl (C=O) groups is 1. The minimum absolute atomic E-state index is 0.00708. The lowest BCUT2D eigenvalue weighted by molar-refractivity contribution is -0.00495.